The van der Waals surface area contributed by atoms with E-state index in [0.29, 0.717) is 22.9 Å². The van der Waals surface area contributed by atoms with Crippen molar-refractivity contribution in [3.05, 3.63) is 60.2 Å². The molecule has 0 aliphatic carbocycles. The monoisotopic (exact) mass is 374 g/mol. The topological polar surface area (TPSA) is 78.3 Å². The Balaban J connectivity index is 1.80. The minimum atomic E-state index is -2.89. The number of alkyl halides is 2. The smallest absolute Gasteiger partial charge is 0.387 e. The first-order chi connectivity index (χ1) is 13.0. The van der Waals surface area contributed by atoms with Gasteiger partial charge in [-0.1, -0.05) is 12.1 Å². The van der Waals surface area contributed by atoms with Crippen molar-refractivity contribution in [3.8, 4) is 17.2 Å². The maximum Gasteiger partial charge on any atom is 0.387 e. The molecule has 1 aromatic heterocycles. The molecule has 0 radical (unpaired) electrons. The highest BCUT2D eigenvalue weighted by atomic mass is 19.3. The molecule has 27 heavy (non-hydrogen) atoms. The predicted octanol–water partition coefficient (Wildman–Crippen LogP) is 3.44. The van der Waals surface area contributed by atoms with Crippen molar-refractivity contribution >= 4 is 11.6 Å². The number of carbonyl (C=O) groups is 1. The molecule has 0 aliphatic heterocycles. The molecule has 3 aromatic rings. The summed E-state index contributed by atoms with van der Waals surface area (Å²) in [4.78, 5) is 16.6. The minimum Gasteiger partial charge on any atom is -0.495 e. The van der Waals surface area contributed by atoms with Gasteiger partial charge in [-0.2, -0.15) is 8.78 Å². The van der Waals surface area contributed by atoms with Gasteiger partial charge in [0.2, 0.25) is 5.82 Å². The van der Waals surface area contributed by atoms with Gasteiger partial charge >= 0.3 is 6.61 Å². The van der Waals surface area contributed by atoms with Crippen LogP contribution in [0, 0.1) is 6.92 Å². The molecule has 0 aliphatic rings. The molecule has 0 spiro atoms. The number of rotatable bonds is 6. The van der Waals surface area contributed by atoms with Crippen molar-refractivity contribution in [2.45, 2.75) is 13.5 Å². The van der Waals surface area contributed by atoms with Crippen LogP contribution in [-0.2, 0) is 0 Å². The number of ether oxygens (including phenoxy) is 2. The number of aromatic nitrogens is 3. The largest absolute Gasteiger partial charge is 0.495 e. The fourth-order valence-electron chi connectivity index (χ4n) is 2.43. The lowest BCUT2D eigenvalue weighted by Crippen LogP contribution is -2.15. The van der Waals surface area contributed by atoms with E-state index in [1.807, 2.05) is 0 Å². The highest BCUT2D eigenvalue weighted by Crippen LogP contribution is 2.23. The molecular weight excluding hydrogens is 358 g/mol. The molecule has 0 atom stereocenters. The molecule has 2 aromatic carbocycles. The van der Waals surface area contributed by atoms with Crippen molar-refractivity contribution < 1.29 is 23.0 Å². The number of benzene rings is 2. The summed E-state index contributed by atoms with van der Waals surface area (Å²) in [6.45, 7) is -1.22. The Morgan fingerprint density at radius 1 is 1.15 bits per heavy atom. The van der Waals surface area contributed by atoms with Gasteiger partial charge in [0.05, 0.1) is 18.5 Å². The highest BCUT2D eigenvalue weighted by molar-refractivity contribution is 6.02. The third-order valence-corrected chi connectivity index (χ3v) is 3.63. The van der Waals surface area contributed by atoms with E-state index in [9.17, 15) is 13.6 Å². The number of nitrogens with one attached hydrogen (secondary N) is 1. The summed E-state index contributed by atoms with van der Waals surface area (Å²) >= 11 is 0. The van der Waals surface area contributed by atoms with E-state index in [1.165, 1.54) is 23.9 Å². The summed E-state index contributed by atoms with van der Waals surface area (Å²) in [7, 11) is 1.50. The van der Waals surface area contributed by atoms with Crippen molar-refractivity contribution in [2.24, 2.45) is 0 Å². The van der Waals surface area contributed by atoms with Gasteiger partial charge in [-0.15, -0.1) is 5.10 Å². The van der Waals surface area contributed by atoms with Crippen LogP contribution in [0.25, 0.3) is 5.69 Å². The molecule has 1 N–H and O–H groups in total. The Labute approximate surface area is 153 Å². The molecule has 0 fully saturated rings. The fraction of sp³-hybridized carbons (Fsp3) is 0.167. The number of anilines is 1. The molecule has 9 heteroatoms. The Morgan fingerprint density at radius 3 is 2.52 bits per heavy atom. The summed E-state index contributed by atoms with van der Waals surface area (Å²) in [5.74, 6) is 0.463. The Kier molecular flexibility index (Phi) is 5.30. The third-order valence-electron chi connectivity index (χ3n) is 3.63. The zero-order valence-electron chi connectivity index (χ0n) is 14.5. The van der Waals surface area contributed by atoms with Gasteiger partial charge in [0.1, 0.15) is 17.3 Å². The standard InChI is InChI=1S/C18H16F2N4O3/c1-11-21-16(17(25)22-14-5-3-4-6-15(14)26-2)23-24(11)12-7-9-13(10-8-12)27-18(19)20/h3-10,18H,1-2H3,(H,22,25). The van der Waals surface area contributed by atoms with E-state index in [-0.39, 0.29) is 11.6 Å². The van der Waals surface area contributed by atoms with Crippen LogP contribution in [0.3, 0.4) is 0 Å². The second-order valence-electron chi connectivity index (χ2n) is 5.42. The quantitative estimate of drug-likeness (QED) is 0.715. The normalized spacial score (nSPS) is 10.7. The molecule has 7 nitrogen and oxygen atoms in total. The SMILES string of the molecule is COc1ccccc1NC(=O)c1nc(C)n(-c2ccc(OC(F)F)cc2)n1. The van der Waals surface area contributed by atoms with Crippen LogP contribution >= 0.6 is 0 Å². The maximum absolute atomic E-state index is 12.4. The minimum absolute atomic E-state index is 0.0284. The molecule has 1 amide bonds. The summed E-state index contributed by atoms with van der Waals surface area (Å²) in [5, 5.41) is 6.88. The van der Waals surface area contributed by atoms with Gasteiger partial charge in [-0.05, 0) is 43.3 Å². The molecule has 140 valence electrons. The fourth-order valence-corrected chi connectivity index (χ4v) is 2.43. The van der Waals surface area contributed by atoms with Gasteiger partial charge in [0.15, 0.2) is 0 Å². The third kappa shape index (κ3) is 4.20. The summed E-state index contributed by atoms with van der Waals surface area (Å²) in [6, 6.07) is 12.8. The van der Waals surface area contributed by atoms with Crippen LogP contribution < -0.4 is 14.8 Å². The van der Waals surface area contributed by atoms with Crippen molar-refractivity contribution in [1.82, 2.24) is 14.8 Å². The Morgan fingerprint density at radius 2 is 1.85 bits per heavy atom. The first kappa shape index (κ1) is 18.3. The number of hydrogen-bond acceptors (Lipinski definition) is 5. The van der Waals surface area contributed by atoms with Crippen LogP contribution in [0.15, 0.2) is 48.5 Å². The zero-order valence-corrected chi connectivity index (χ0v) is 14.5. The number of nitrogens with zero attached hydrogens (tertiary/aromatic N) is 3. The summed E-state index contributed by atoms with van der Waals surface area (Å²) in [5.41, 5.74) is 1.05. The predicted molar refractivity (Wildman–Crippen MR) is 93.7 cm³/mol. The van der Waals surface area contributed by atoms with E-state index < -0.39 is 12.5 Å². The first-order valence-corrected chi connectivity index (χ1v) is 7.91. The molecule has 0 saturated heterocycles. The van der Waals surface area contributed by atoms with Crippen molar-refractivity contribution in [1.29, 1.82) is 0 Å². The van der Waals surface area contributed by atoms with Gasteiger partial charge < -0.3 is 14.8 Å². The van der Waals surface area contributed by atoms with Crippen molar-refractivity contribution in [2.75, 3.05) is 12.4 Å². The summed E-state index contributed by atoms with van der Waals surface area (Å²) < 4.78 is 35.4. The Bertz CT molecular complexity index is 942. The second kappa shape index (κ2) is 7.81. The van der Waals surface area contributed by atoms with Crippen LogP contribution in [0.2, 0.25) is 0 Å². The van der Waals surface area contributed by atoms with Crippen LogP contribution in [0.5, 0.6) is 11.5 Å². The first-order valence-electron chi connectivity index (χ1n) is 7.91. The average Bonchev–Trinajstić information content (AvgIpc) is 3.04. The zero-order chi connectivity index (χ0) is 19.4. The van der Waals surface area contributed by atoms with Gasteiger partial charge in [0, 0.05) is 0 Å². The highest BCUT2D eigenvalue weighted by Gasteiger charge is 2.17. The molecule has 0 bridgehead atoms. The number of methoxy groups -OCH3 is 1. The molecule has 0 saturated carbocycles. The second-order valence-corrected chi connectivity index (χ2v) is 5.42. The van der Waals surface area contributed by atoms with Gasteiger partial charge in [0.25, 0.3) is 5.91 Å². The molecule has 1 heterocycles. The maximum atomic E-state index is 12.4. The average molecular weight is 374 g/mol. The van der Waals surface area contributed by atoms with Crippen LogP contribution in [0.4, 0.5) is 14.5 Å². The van der Waals surface area contributed by atoms with Gasteiger partial charge in [-0.25, -0.2) is 9.67 Å². The lowest BCUT2D eigenvalue weighted by Gasteiger charge is -2.08. The molecule has 3 rings (SSSR count). The van der Waals surface area contributed by atoms with Crippen LogP contribution in [-0.4, -0.2) is 34.4 Å². The van der Waals surface area contributed by atoms with E-state index in [1.54, 1.807) is 43.3 Å². The number of para-hydroxylation sites is 2. The van der Waals surface area contributed by atoms with E-state index in [4.69, 9.17) is 4.74 Å². The van der Waals surface area contributed by atoms with E-state index >= 15 is 0 Å². The summed E-state index contributed by atoms with van der Waals surface area (Å²) in [6.07, 6.45) is 0. The lowest BCUT2D eigenvalue weighted by molar-refractivity contribution is -0.0498. The van der Waals surface area contributed by atoms with E-state index in [2.05, 4.69) is 20.1 Å². The molecule has 0 unspecified atom stereocenters. The van der Waals surface area contributed by atoms with Gasteiger partial charge in [-0.3, -0.25) is 4.79 Å². The number of amides is 1. The number of aryl methyl sites for hydroxylation is 1. The lowest BCUT2D eigenvalue weighted by atomic mass is 10.3. The van der Waals surface area contributed by atoms with Crippen LogP contribution in [0.1, 0.15) is 16.4 Å². The number of halogens is 2. The Hall–Kier alpha value is -3.49. The van der Waals surface area contributed by atoms with Crippen molar-refractivity contribution in [3.63, 3.8) is 0 Å². The number of hydrogen-bond donors (Lipinski definition) is 1. The number of carbonyl (C=O) groups excluding carboxylic acids is 1. The molecular formula is C18H16F2N4O3. The van der Waals surface area contributed by atoms with E-state index in [0.717, 1.165) is 0 Å².